The van der Waals surface area contributed by atoms with Gasteiger partial charge in [-0.05, 0) is 37.3 Å². The minimum absolute atomic E-state index is 0. The van der Waals surface area contributed by atoms with Crippen LogP contribution < -0.4 is 6.15 Å². The highest BCUT2D eigenvalue weighted by Gasteiger charge is 2.07. The van der Waals surface area contributed by atoms with Crippen LogP contribution in [-0.2, 0) is 12.8 Å². The predicted molar refractivity (Wildman–Crippen MR) is 43.0 cm³/mol. The van der Waals surface area contributed by atoms with E-state index < -0.39 is 0 Å². The highest BCUT2D eigenvalue weighted by Crippen LogP contribution is 2.17. The number of hydrogen-bond acceptors (Lipinski definition) is 1. The standard InChI is InChI=1S/C9H11N.N/c1-2-6-9-8(4-1)5-3-7-10-9;/h3,5,7H,1-2,4,6H2;. The second kappa shape index (κ2) is 3.49. The summed E-state index contributed by atoms with van der Waals surface area (Å²) in [6, 6.07) is 4.23. The lowest BCUT2D eigenvalue weighted by molar-refractivity contribution is 0.668. The number of nitrogens with zero attached hydrogens (tertiary/aromatic N) is 2. The van der Waals surface area contributed by atoms with Crippen molar-refractivity contribution in [1.29, 1.82) is 0 Å². The average molecular weight is 147 g/mol. The van der Waals surface area contributed by atoms with Crippen molar-refractivity contribution in [1.82, 2.24) is 11.1 Å². The molecule has 2 nitrogen and oxygen atoms in total. The van der Waals surface area contributed by atoms with Gasteiger partial charge in [-0.1, -0.05) is 6.07 Å². The van der Waals surface area contributed by atoms with Gasteiger partial charge in [-0.25, -0.2) is 0 Å². The highest BCUT2D eigenvalue weighted by atomic mass is 14.7. The van der Waals surface area contributed by atoms with Crippen LogP contribution in [-0.4, -0.2) is 4.98 Å². The Morgan fingerprint density at radius 2 is 2.00 bits per heavy atom. The first-order valence-electron chi connectivity index (χ1n) is 3.89. The SMILES string of the molecule is [N].c1cnc2c(c1)CCCC2. The Hall–Kier alpha value is -0.890. The summed E-state index contributed by atoms with van der Waals surface area (Å²) in [5.41, 5.74) is 2.79. The van der Waals surface area contributed by atoms with Crippen molar-refractivity contribution in [2.45, 2.75) is 25.7 Å². The lowest BCUT2D eigenvalue weighted by Crippen LogP contribution is -2.03. The smallest absolute Gasteiger partial charge is 0.0435 e. The predicted octanol–water partition coefficient (Wildman–Crippen LogP) is 1.48. The zero-order chi connectivity index (χ0) is 6.81. The molecule has 0 saturated carbocycles. The van der Waals surface area contributed by atoms with Crippen molar-refractivity contribution in [3.63, 3.8) is 0 Å². The van der Waals surface area contributed by atoms with Crippen LogP contribution in [0, 0.1) is 0 Å². The minimum Gasteiger partial charge on any atom is -0.261 e. The van der Waals surface area contributed by atoms with Crippen LogP contribution in [0.3, 0.4) is 0 Å². The number of hydrogen-bond donors (Lipinski definition) is 0. The van der Waals surface area contributed by atoms with E-state index in [0.29, 0.717) is 0 Å². The third-order valence-corrected chi connectivity index (χ3v) is 2.09. The minimum atomic E-state index is 0. The molecule has 0 bridgehead atoms. The molecule has 0 atom stereocenters. The molecule has 0 spiro atoms. The van der Waals surface area contributed by atoms with Crippen molar-refractivity contribution in [2.24, 2.45) is 0 Å². The topological polar surface area (TPSA) is 43.4 Å². The van der Waals surface area contributed by atoms with Crippen molar-refractivity contribution in [3.8, 4) is 0 Å². The molecular formula is C9H11N2. The van der Waals surface area contributed by atoms with E-state index in [9.17, 15) is 0 Å². The molecule has 0 N–H and O–H groups in total. The average Bonchev–Trinajstić information content (AvgIpc) is 2.05. The van der Waals surface area contributed by atoms with E-state index in [1.165, 1.54) is 36.9 Å². The fourth-order valence-corrected chi connectivity index (χ4v) is 1.53. The Morgan fingerprint density at radius 3 is 2.82 bits per heavy atom. The van der Waals surface area contributed by atoms with E-state index in [1.54, 1.807) is 0 Å². The molecular weight excluding hydrogens is 136 g/mol. The summed E-state index contributed by atoms with van der Waals surface area (Å²) < 4.78 is 0. The van der Waals surface area contributed by atoms with Crippen LogP contribution >= 0.6 is 0 Å². The number of aryl methyl sites for hydroxylation is 2. The molecule has 1 aromatic heterocycles. The fourth-order valence-electron chi connectivity index (χ4n) is 1.53. The number of aromatic nitrogens is 1. The van der Waals surface area contributed by atoms with Gasteiger partial charge in [0.25, 0.3) is 0 Å². The summed E-state index contributed by atoms with van der Waals surface area (Å²) in [7, 11) is 0. The van der Waals surface area contributed by atoms with Gasteiger partial charge in [-0.3, -0.25) is 4.98 Å². The molecule has 0 saturated heterocycles. The van der Waals surface area contributed by atoms with Gasteiger partial charge in [-0.2, -0.15) is 0 Å². The van der Waals surface area contributed by atoms with Crippen LogP contribution in [0.5, 0.6) is 0 Å². The van der Waals surface area contributed by atoms with Crippen LogP contribution in [0.25, 0.3) is 0 Å². The Kier molecular flexibility index (Phi) is 2.60. The fraction of sp³-hybridized carbons (Fsp3) is 0.444. The lowest BCUT2D eigenvalue weighted by Gasteiger charge is -2.12. The molecule has 0 aliphatic heterocycles. The van der Waals surface area contributed by atoms with Gasteiger partial charge >= 0.3 is 0 Å². The lowest BCUT2D eigenvalue weighted by atomic mass is 9.96. The summed E-state index contributed by atoms with van der Waals surface area (Å²) in [6.07, 6.45) is 6.99. The second-order valence-corrected chi connectivity index (χ2v) is 2.82. The molecule has 0 fully saturated rings. The number of pyridine rings is 1. The molecule has 0 unspecified atom stereocenters. The maximum absolute atomic E-state index is 4.32. The molecule has 1 aromatic rings. The van der Waals surface area contributed by atoms with Gasteiger partial charge in [-0.15, -0.1) is 0 Å². The molecule has 1 aliphatic rings. The Morgan fingerprint density at radius 1 is 1.18 bits per heavy atom. The summed E-state index contributed by atoms with van der Waals surface area (Å²) >= 11 is 0. The normalized spacial score (nSPS) is 14.9. The maximum Gasteiger partial charge on any atom is 0.0435 e. The Bertz CT molecular complexity index is 208. The van der Waals surface area contributed by atoms with Crippen LogP contribution in [0.1, 0.15) is 24.1 Å². The van der Waals surface area contributed by atoms with Crippen molar-refractivity contribution in [3.05, 3.63) is 29.6 Å². The van der Waals surface area contributed by atoms with E-state index in [4.69, 9.17) is 0 Å². The molecule has 2 heteroatoms. The highest BCUT2D eigenvalue weighted by molar-refractivity contribution is 5.21. The molecule has 1 aliphatic carbocycles. The zero-order valence-corrected chi connectivity index (χ0v) is 6.45. The number of rotatable bonds is 0. The van der Waals surface area contributed by atoms with E-state index in [0.717, 1.165) is 0 Å². The molecule has 1 heterocycles. The first-order chi connectivity index (χ1) is 4.97. The first-order valence-corrected chi connectivity index (χ1v) is 3.89. The van der Waals surface area contributed by atoms with Crippen LogP contribution in [0.4, 0.5) is 0 Å². The van der Waals surface area contributed by atoms with Crippen molar-refractivity contribution >= 4 is 0 Å². The second-order valence-electron chi connectivity index (χ2n) is 2.82. The summed E-state index contributed by atoms with van der Waals surface area (Å²) in [6.45, 7) is 0. The third kappa shape index (κ3) is 1.57. The van der Waals surface area contributed by atoms with Gasteiger partial charge in [0.2, 0.25) is 0 Å². The number of fused-ring (bicyclic) bond motifs is 1. The maximum atomic E-state index is 4.32. The molecule has 0 amide bonds. The monoisotopic (exact) mass is 147 g/mol. The van der Waals surface area contributed by atoms with Crippen LogP contribution in [0.2, 0.25) is 0 Å². The Labute approximate surface area is 67.2 Å². The van der Waals surface area contributed by atoms with E-state index >= 15 is 0 Å². The third-order valence-electron chi connectivity index (χ3n) is 2.09. The summed E-state index contributed by atoms with van der Waals surface area (Å²) in [5, 5.41) is 0. The van der Waals surface area contributed by atoms with E-state index in [2.05, 4.69) is 11.1 Å². The van der Waals surface area contributed by atoms with E-state index in [-0.39, 0.29) is 6.15 Å². The van der Waals surface area contributed by atoms with E-state index in [1.807, 2.05) is 12.3 Å². The quantitative estimate of drug-likeness (QED) is 0.548. The van der Waals surface area contributed by atoms with Gasteiger partial charge in [0.1, 0.15) is 0 Å². The first kappa shape index (κ1) is 8.21. The van der Waals surface area contributed by atoms with Gasteiger partial charge in [0.15, 0.2) is 0 Å². The van der Waals surface area contributed by atoms with Crippen molar-refractivity contribution in [2.75, 3.05) is 0 Å². The van der Waals surface area contributed by atoms with Gasteiger partial charge < -0.3 is 0 Å². The molecule has 0 aromatic carbocycles. The molecule has 2 rings (SSSR count). The van der Waals surface area contributed by atoms with Gasteiger partial charge in [0, 0.05) is 18.0 Å². The Balaban J connectivity index is 0.000000605. The largest absolute Gasteiger partial charge is 0.261 e. The summed E-state index contributed by atoms with van der Waals surface area (Å²) in [4.78, 5) is 4.32. The molecule has 11 heavy (non-hydrogen) atoms. The molecule has 3 radical (unpaired) electrons. The molecule has 57 valence electrons. The van der Waals surface area contributed by atoms with Crippen LogP contribution in [0.15, 0.2) is 18.3 Å². The summed E-state index contributed by atoms with van der Waals surface area (Å²) in [5.74, 6) is 0. The van der Waals surface area contributed by atoms with Gasteiger partial charge in [0.05, 0.1) is 0 Å². The zero-order valence-electron chi connectivity index (χ0n) is 6.45. The van der Waals surface area contributed by atoms with Crippen molar-refractivity contribution < 1.29 is 0 Å².